The summed E-state index contributed by atoms with van der Waals surface area (Å²) in [6.07, 6.45) is 0. The van der Waals surface area contributed by atoms with Crippen LogP contribution < -0.4 is 15.5 Å². The van der Waals surface area contributed by atoms with Crippen molar-refractivity contribution in [3.8, 4) is 0 Å². The second-order valence-corrected chi connectivity index (χ2v) is 4.86. The first-order valence-electron chi connectivity index (χ1n) is 6.40. The van der Waals surface area contributed by atoms with E-state index in [1.165, 1.54) is 0 Å². The summed E-state index contributed by atoms with van der Waals surface area (Å²) >= 11 is 0. The molecule has 2 aromatic carbocycles. The molecule has 0 radical (unpaired) electrons. The second kappa shape index (κ2) is 5.65. The van der Waals surface area contributed by atoms with Crippen LogP contribution in [0.15, 0.2) is 48.5 Å². The average Bonchev–Trinajstić information content (AvgIpc) is 2.46. The molecule has 0 heterocycles. The van der Waals surface area contributed by atoms with Crippen molar-refractivity contribution in [1.82, 2.24) is 0 Å². The van der Waals surface area contributed by atoms with E-state index in [0.717, 1.165) is 11.4 Å². The minimum atomic E-state index is -0.110. The normalized spacial score (nSPS) is 10.2. The zero-order valence-corrected chi connectivity index (χ0v) is 12.0. The van der Waals surface area contributed by atoms with E-state index in [4.69, 9.17) is 5.73 Å². The lowest BCUT2D eigenvalue weighted by Crippen LogP contribution is -2.27. The number of anilines is 3. The number of nitrogen functional groups attached to an aromatic ring is 1. The number of benzene rings is 2. The summed E-state index contributed by atoms with van der Waals surface area (Å²) in [5.74, 6) is -0.110. The van der Waals surface area contributed by atoms with Crippen LogP contribution in [-0.4, -0.2) is 27.1 Å². The molecule has 0 aliphatic heterocycles. The first-order chi connectivity index (χ1) is 9.50. The monoisotopic (exact) mass is 269 g/mol. The van der Waals surface area contributed by atoms with Gasteiger partial charge in [-0.15, -0.1) is 0 Å². The standard InChI is InChI=1S/C16H19N3O/c1-18(2)12-8-10-13(11-9-12)19(3)16(20)14-6-4-5-7-15(14)17/h4-11H,17H2,1-3H3. The lowest BCUT2D eigenvalue weighted by Gasteiger charge is -2.20. The lowest BCUT2D eigenvalue weighted by atomic mass is 10.1. The number of hydrogen-bond donors (Lipinski definition) is 1. The summed E-state index contributed by atoms with van der Waals surface area (Å²) in [4.78, 5) is 16.0. The Morgan fingerprint density at radius 2 is 1.45 bits per heavy atom. The maximum absolute atomic E-state index is 12.4. The van der Waals surface area contributed by atoms with Gasteiger partial charge in [0, 0.05) is 38.2 Å². The molecule has 0 aliphatic rings. The summed E-state index contributed by atoms with van der Waals surface area (Å²) in [5, 5.41) is 0. The summed E-state index contributed by atoms with van der Waals surface area (Å²) in [6.45, 7) is 0. The zero-order chi connectivity index (χ0) is 14.7. The van der Waals surface area contributed by atoms with E-state index in [1.807, 2.05) is 55.4 Å². The number of rotatable bonds is 3. The lowest BCUT2D eigenvalue weighted by molar-refractivity contribution is 0.0994. The Morgan fingerprint density at radius 1 is 0.900 bits per heavy atom. The van der Waals surface area contributed by atoms with Gasteiger partial charge in [-0.1, -0.05) is 12.1 Å². The predicted octanol–water partition coefficient (Wildman–Crippen LogP) is 2.61. The SMILES string of the molecule is CN(C)c1ccc(N(C)C(=O)c2ccccc2N)cc1. The average molecular weight is 269 g/mol. The van der Waals surface area contributed by atoms with Crippen LogP contribution in [0.5, 0.6) is 0 Å². The van der Waals surface area contributed by atoms with E-state index < -0.39 is 0 Å². The van der Waals surface area contributed by atoms with Crippen molar-refractivity contribution in [2.24, 2.45) is 0 Å². The molecule has 4 heteroatoms. The first kappa shape index (κ1) is 13.9. The van der Waals surface area contributed by atoms with Crippen molar-refractivity contribution in [1.29, 1.82) is 0 Å². The van der Waals surface area contributed by atoms with Crippen molar-refractivity contribution in [3.05, 3.63) is 54.1 Å². The first-order valence-corrected chi connectivity index (χ1v) is 6.40. The molecule has 0 aromatic heterocycles. The molecule has 20 heavy (non-hydrogen) atoms. The third kappa shape index (κ3) is 2.74. The van der Waals surface area contributed by atoms with Crippen molar-refractivity contribution in [2.45, 2.75) is 0 Å². The molecular formula is C16H19N3O. The smallest absolute Gasteiger partial charge is 0.260 e. The highest BCUT2D eigenvalue weighted by Crippen LogP contribution is 2.21. The van der Waals surface area contributed by atoms with Crippen LogP contribution in [-0.2, 0) is 0 Å². The molecule has 0 saturated heterocycles. The van der Waals surface area contributed by atoms with Crippen LogP contribution in [0.2, 0.25) is 0 Å². The third-order valence-corrected chi connectivity index (χ3v) is 3.25. The van der Waals surface area contributed by atoms with Gasteiger partial charge < -0.3 is 15.5 Å². The van der Waals surface area contributed by atoms with Crippen LogP contribution in [0, 0.1) is 0 Å². The van der Waals surface area contributed by atoms with Gasteiger partial charge in [0.25, 0.3) is 5.91 Å². The van der Waals surface area contributed by atoms with Crippen molar-refractivity contribution >= 4 is 23.0 Å². The maximum Gasteiger partial charge on any atom is 0.260 e. The van der Waals surface area contributed by atoms with Gasteiger partial charge in [0.2, 0.25) is 0 Å². The van der Waals surface area contributed by atoms with E-state index >= 15 is 0 Å². The highest BCUT2D eigenvalue weighted by atomic mass is 16.2. The van der Waals surface area contributed by atoms with Gasteiger partial charge in [-0.25, -0.2) is 0 Å². The largest absolute Gasteiger partial charge is 0.398 e. The van der Waals surface area contributed by atoms with E-state index in [2.05, 4.69) is 0 Å². The Balaban J connectivity index is 2.25. The van der Waals surface area contributed by atoms with Gasteiger partial charge in [0.05, 0.1) is 5.56 Å². The Kier molecular flexibility index (Phi) is 3.94. The van der Waals surface area contributed by atoms with Crippen molar-refractivity contribution < 1.29 is 4.79 Å². The van der Waals surface area contributed by atoms with Crippen LogP contribution in [0.25, 0.3) is 0 Å². The summed E-state index contributed by atoms with van der Waals surface area (Å²) in [5.41, 5.74) is 8.79. The quantitative estimate of drug-likeness (QED) is 0.871. The fourth-order valence-corrected chi connectivity index (χ4v) is 1.96. The molecule has 0 fully saturated rings. The molecule has 4 nitrogen and oxygen atoms in total. The molecule has 0 bridgehead atoms. The van der Waals surface area contributed by atoms with Gasteiger partial charge in [-0.3, -0.25) is 4.79 Å². The van der Waals surface area contributed by atoms with Crippen LogP contribution >= 0.6 is 0 Å². The van der Waals surface area contributed by atoms with Gasteiger partial charge in [0.15, 0.2) is 0 Å². The summed E-state index contributed by atoms with van der Waals surface area (Å²) in [6, 6.07) is 14.9. The Labute approximate surface area is 119 Å². The van der Waals surface area contributed by atoms with E-state index in [9.17, 15) is 4.79 Å². The van der Waals surface area contributed by atoms with Gasteiger partial charge >= 0.3 is 0 Å². The van der Waals surface area contributed by atoms with Gasteiger partial charge in [0.1, 0.15) is 0 Å². The van der Waals surface area contributed by atoms with Crippen LogP contribution in [0.3, 0.4) is 0 Å². The number of para-hydroxylation sites is 1. The Hall–Kier alpha value is -2.49. The van der Waals surface area contributed by atoms with Crippen LogP contribution in [0.1, 0.15) is 10.4 Å². The molecule has 2 rings (SSSR count). The van der Waals surface area contributed by atoms with Crippen LogP contribution in [0.4, 0.5) is 17.1 Å². The van der Waals surface area contributed by atoms with Crippen molar-refractivity contribution in [3.63, 3.8) is 0 Å². The van der Waals surface area contributed by atoms with E-state index in [-0.39, 0.29) is 5.91 Å². The number of amides is 1. The van der Waals surface area contributed by atoms with Gasteiger partial charge in [-0.05, 0) is 36.4 Å². The Morgan fingerprint density at radius 3 is 2.00 bits per heavy atom. The molecule has 0 saturated carbocycles. The summed E-state index contributed by atoms with van der Waals surface area (Å²) in [7, 11) is 5.71. The van der Waals surface area contributed by atoms with Crippen molar-refractivity contribution in [2.75, 3.05) is 36.7 Å². The number of nitrogens with two attached hydrogens (primary N) is 1. The molecule has 2 N–H and O–H groups in total. The number of carbonyl (C=O) groups excluding carboxylic acids is 1. The number of hydrogen-bond acceptors (Lipinski definition) is 3. The number of nitrogens with zero attached hydrogens (tertiary/aromatic N) is 2. The molecule has 104 valence electrons. The molecule has 1 amide bonds. The fraction of sp³-hybridized carbons (Fsp3) is 0.188. The zero-order valence-electron chi connectivity index (χ0n) is 12.0. The summed E-state index contributed by atoms with van der Waals surface area (Å²) < 4.78 is 0. The highest BCUT2D eigenvalue weighted by Gasteiger charge is 2.15. The maximum atomic E-state index is 12.4. The molecule has 2 aromatic rings. The molecule has 0 spiro atoms. The molecule has 0 aliphatic carbocycles. The third-order valence-electron chi connectivity index (χ3n) is 3.25. The van der Waals surface area contributed by atoms with E-state index in [1.54, 1.807) is 24.1 Å². The van der Waals surface area contributed by atoms with E-state index in [0.29, 0.717) is 11.3 Å². The molecule has 0 atom stereocenters. The Bertz CT molecular complexity index is 605. The molecular weight excluding hydrogens is 250 g/mol. The minimum absolute atomic E-state index is 0.110. The second-order valence-electron chi connectivity index (χ2n) is 4.86. The fourth-order valence-electron chi connectivity index (χ4n) is 1.96. The minimum Gasteiger partial charge on any atom is -0.398 e. The van der Waals surface area contributed by atoms with Gasteiger partial charge in [-0.2, -0.15) is 0 Å². The molecule has 0 unspecified atom stereocenters. The number of carbonyl (C=O) groups is 1. The topological polar surface area (TPSA) is 49.6 Å². The predicted molar refractivity (Wildman–Crippen MR) is 84.4 cm³/mol. The highest BCUT2D eigenvalue weighted by molar-refractivity contribution is 6.09.